The Bertz CT molecular complexity index is 600. The van der Waals surface area contributed by atoms with Crippen LogP contribution in [0, 0.1) is 5.82 Å². The molecule has 0 unspecified atom stereocenters. The predicted octanol–water partition coefficient (Wildman–Crippen LogP) is 4.04. The first-order valence-corrected chi connectivity index (χ1v) is 6.60. The first-order valence-electron chi connectivity index (χ1n) is 5.81. The second-order valence-electron chi connectivity index (χ2n) is 4.27. The normalized spacial score (nSPS) is 10.3. The average Bonchev–Trinajstić information content (AvgIpc) is 2.41. The highest BCUT2D eigenvalue weighted by Gasteiger charge is 2.10. The Morgan fingerprint density at radius 3 is 2.68 bits per heavy atom. The molecule has 0 aliphatic heterocycles. The molecule has 0 heterocycles. The van der Waals surface area contributed by atoms with Gasteiger partial charge in [-0.2, -0.15) is 0 Å². The molecule has 0 bridgehead atoms. The second kappa shape index (κ2) is 5.97. The molecule has 0 fully saturated rings. The van der Waals surface area contributed by atoms with E-state index in [9.17, 15) is 9.18 Å². The molecule has 0 aliphatic rings. The minimum Gasteiger partial charge on any atom is -0.370 e. The standard InChI is InChI=1S/C15H13BrFNO/c1-18(9-11-4-2-3-5-14(11)17)15-8-13(16)7-6-12(15)10-19/h2-8,10H,9H2,1H3. The van der Waals surface area contributed by atoms with Gasteiger partial charge in [0.15, 0.2) is 6.29 Å². The van der Waals surface area contributed by atoms with Gasteiger partial charge in [0.1, 0.15) is 5.82 Å². The number of nitrogens with zero attached hydrogens (tertiary/aromatic N) is 1. The number of carbonyl (C=O) groups excluding carboxylic acids is 1. The fourth-order valence-electron chi connectivity index (χ4n) is 1.91. The maximum atomic E-state index is 13.6. The summed E-state index contributed by atoms with van der Waals surface area (Å²) in [5.41, 5.74) is 1.96. The summed E-state index contributed by atoms with van der Waals surface area (Å²) in [6.07, 6.45) is 0.805. The van der Waals surface area contributed by atoms with Crippen molar-refractivity contribution in [3.63, 3.8) is 0 Å². The molecule has 0 amide bonds. The Balaban J connectivity index is 2.30. The van der Waals surface area contributed by atoms with Crippen molar-refractivity contribution in [2.45, 2.75) is 6.54 Å². The van der Waals surface area contributed by atoms with Crippen LogP contribution in [-0.4, -0.2) is 13.3 Å². The van der Waals surface area contributed by atoms with E-state index < -0.39 is 0 Å². The van der Waals surface area contributed by atoms with E-state index in [4.69, 9.17) is 0 Å². The third-order valence-corrected chi connectivity index (χ3v) is 3.39. The van der Waals surface area contributed by atoms with Gasteiger partial charge in [0.2, 0.25) is 0 Å². The van der Waals surface area contributed by atoms with Gasteiger partial charge in [-0.05, 0) is 24.3 Å². The van der Waals surface area contributed by atoms with Crippen LogP contribution in [0.1, 0.15) is 15.9 Å². The highest BCUT2D eigenvalue weighted by molar-refractivity contribution is 9.10. The van der Waals surface area contributed by atoms with Crippen LogP contribution in [0.25, 0.3) is 0 Å². The van der Waals surface area contributed by atoms with E-state index in [1.165, 1.54) is 6.07 Å². The number of halogens is 2. The maximum Gasteiger partial charge on any atom is 0.152 e. The van der Waals surface area contributed by atoms with Gasteiger partial charge in [-0.3, -0.25) is 4.79 Å². The van der Waals surface area contributed by atoms with Crippen molar-refractivity contribution in [1.29, 1.82) is 0 Å². The Morgan fingerprint density at radius 1 is 1.26 bits per heavy atom. The van der Waals surface area contributed by atoms with Gasteiger partial charge in [-0.15, -0.1) is 0 Å². The summed E-state index contributed by atoms with van der Waals surface area (Å²) in [5.74, 6) is -0.239. The zero-order valence-corrected chi connectivity index (χ0v) is 12.0. The highest BCUT2D eigenvalue weighted by atomic mass is 79.9. The van der Waals surface area contributed by atoms with E-state index in [0.29, 0.717) is 17.7 Å². The maximum absolute atomic E-state index is 13.6. The van der Waals surface area contributed by atoms with E-state index in [2.05, 4.69) is 15.9 Å². The molecule has 19 heavy (non-hydrogen) atoms. The fourth-order valence-corrected chi connectivity index (χ4v) is 2.26. The van der Waals surface area contributed by atoms with Crippen LogP contribution in [0.15, 0.2) is 46.9 Å². The van der Waals surface area contributed by atoms with Gasteiger partial charge in [-0.25, -0.2) is 4.39 Å². The fraction of sp³-hybridized carbons (Fsp3) is 0.133. The molecule has 0 atom stereocenters. The molecule has 0 N–H and O–H groups in total. The number of hydrogen-bond donors (Lipinski definition) is 0. The van der Waals surface area contributed by atoms with Crippen LogP contribution >= 0.6 is 15.9 Å². The van der Waals surface area contributed by atoms with Gasteiger partial charge in [0, 0.05) is 34.9 Å². The quantitative estimate of drug-likeness (QED) is 0.792. The lowest BCUT2D eigenvalue weighted by Crippen LogP contribution is -2.18. The van der Waals surface area contributed by atoms with Crippen molar-refractivity contribution >= 4 is 27.9 Å². The molecule has 0 spiro atoms. The predicted molar refractivity (Wildman–Crippen MR) is 78.0 cm³/mol. The van der Waals surface area contributed by atoms with Gasteiger partial charge in [0.25, 0.3) is 0 Å². The first-order chi connectivity index (χ1) is 9.11. The Kier molecular flexibility index (Phi) is 4.32. The highest BCUT2D eigenvalue weighted by Crippen LogP contribution is 2.25. The SMILES string of the molecule is CN(Cc1ccccc1F)c1cc(Br)ccc1C=O. The van der Waals surface area contributed by atoms with Gasteiger partial charge in [-0.1, -0.05) is 34.1 Å². The zero-order chi connectivity index (χ0) is 13.8. The number of carbonyl (C=O) groups is 1. The number of hydrogen-bond acceptors (Lipinski definition) is 2. The van der Waals surface area contributed by atoms with Crippen LogP contribution in [0.4, 0.5) is 10.1 Å². The molecule has 0 saturated heterocycles. The van der Waals surface area contributed by atoms with E-state index in [1.54, 1.807) is 24.3 Å². The molecule has 0 radical (unpaired) electrons. The van der Waals surface area contributed by atoms with Gasteiger partial charge < -0.3 is 4.90 Å². The molecule has 2 aromatic rings. The van der Waals surface area contributed by atoms with E-state index in [1.807, 2.05) is 24.1 Å². The lowest BCUT2D eigenvalue weighted by atomic mass is 10.1. The summed E-state index contributed by atoms with van der Waals surface area (Å²) in [6.45, 7) is 0.407. The average molecular weight is 322 g/mol. The Labute approximate surface area is 120 Å². The summed E-state index contributed by atoms with van der Waals surface area (Å²) >= 11 is 3.38. The van der Waals surface area contributed by atoms with Crippen molar-refractivity contribution < 1.29 is 9.18 Å². The monoisotopic (exact) mass is 321 g/mol. The van der Waals surface area contributed by atoms with Crippen molar-refractivity contribution in [3.05, 3.63) is 63.9 Å². The summed E-state index contributed by atoms with van der Waals surface area (Å²) in [7, 11) is 1.83. The van der Waals surface area contributed by atoms with Crippen LogP contribution < -0.4 is 4.90 Å². The number of aldehydes is 1. The van der Waals surface area contributed by atoms with Crippen LogP contribution in [-0.2, 0) is 6.54 Å². The molecule has 98 valence electrons. The van der Waals surface area contributed by atoms with E-state index in [0.717, 1.165) is 16.4 Å². The lowest BCUT2D eigenvalue weighted by Gasteiger charge is -2.21. The Hall–Kier alpha value is -1.68. The Morgan fingerprint density at radius 2 is 2.00 bits per heavy atom. The zero-order valence-electron chi connectivity index (χ0n) is 10.4. The molecule has 4 heteroatoms. The molecular formula is C15H13BrFNO. The van der Waals surface area contributed by atoms with Crippen molar-refractivity contribution in [2.75, 3.05) is 11.9 Å². The van der Waals surface area contributed by atoms with Crippen LogP contribution in [0.5, 0.6) is 0 Å². The van der Waals surface area contributed by atoms with Crippen molar-refractivity contribution in [2.24, 2.45) is 0 Å². The lowest BCUT2D eigenvalue weighted by molar-refractivity contribution is 0.112. The van der Waals surface area contributed by atoms with Crippen molar-refractivity contribution in [3.8, 4) is 0 Å². The third kappa shape index (κ3) is 3.20. The second-order valence-corrected chi connectivity index (χ2v) is 5.18. The van der Waals surface area contributed by atoms with Crippen LogP contribution in [0.3, 0.4) is 0 Å². The number of rotatable bonds is 4. The summed E-state index contributed by atoms with van der Waals surface area (Å²) in [6, 6.07) is 12.0. The molecule has 2 rings (SSSR count). The van der Waals surface area contributed by atoms with E-state index >= 15 is 0 Å². The minimum atomic E-state index is -0.239. The van der Waals surface area contributed by atoms with Crippen LogP contribution in [0.2, 0.25) is 0 Å². The van der Waals surface area contributed by atoms with Gasteiger partial charge in [0.05, 0.1) is 0 Å². The summed E-state index contributed by atoms with van der Waals surface area (Å²) in [5, 5.41) is 0. The van der Waals surface area contributed by atoms with Gasteiger partial charge >= 0.3 is 0 Å². The molecule has 2 nitrogen and oxygen atoms in total. The minimum absolute atomic E-state index is 0.239. The number of benzene rings is 2. The molecule has 0 aliphatic carbocycles. The molecule has 2 aromatic carbocycles. The van der Waals surface area contributed by atoms with E-state index in [-0.39, 0.29) is 5.82 Å². The molecule has 0 aromatic heterocycles. The van der Waals surface area contributed by atoms with Crippen molar-refractivity contribution in [1.82, 2.24) is 0 Å². The molecule has 0 saturated carbocycles. The third-order valence-electron chi connectivity index (χ3n) is 2.90. The summed E-state index contributed by atoms with van der Waals surface area (Å²) in [4.78, 5) is 12.9. The smallest absolute Gasteiger partial charge is 0.152 e. The first kappa shape index (κ1) is 13.7. The topological polar surface area (TPSA) is 20.3 Å². The summed E-state index contributed by atoms with van der Waals surface area (Å²) < 4.78 is 14.5. The number of anilines is 1. The largest absolute Gasteiger partial charge is 0.370 e. The molecular weight excluding hydrogens is 309 g/mol.